The average molecular weight is 328 g/mol. The Balaban J connectivity index is 2.18. The van der Waals surface area contributed by atoms with Crippen LogP contribution in [0.3, 0.4) is 0 Å². The minimum absolute atomic E-state index is 0.368. The van der Waals surface area contributed by atoms with Crippen LogP contribution in [0.2, 0.25) is 10.0 Å². The highest BCUT2D eigenvalue weighted by molar-refractivity contribution is 6.35. The Kier molecular flexibility index (Phi) is 5.51. The number of ether oxygens (including phenoxy) is 1. The molecule has 1 aromatic heterocycles. The molecule has 2 aromatic rings. The molecule has 0 spiro atoms. The van der Waals surface area contributed by atoms with Gasteiger partial charge in [0.1, 0.15) is 12.4 Å². The van der Waals surface area contributed by atoms with Crippen molar-refractivity contribution >= 4 is 23.2 Å². The molecule has 0 aliphatic carbocycles. The zero-order valence-corrected chi connectivity index (χ0v) is 13.9. The van der Waals surface area contributed by atoms with Gasteiger partial charge in [-0.15, -0.1) is 0 Å². The van der Waals surface area contributed by atoms with Gasteiger partial charge in [-0.1, -0.05) is 37.0 Å². The van der Waals surface area contributed by atoms with Crippen LogP contribution in [-0.2, 0) is 20.2 Å². The van der Waals surface area contributed by atoms with Gasteiger partial charge in [0.2, 0.25) is 0 Å². The van der Waals surface area contributed by atoms with E-state index in [0.29, 0.717) is 35.0 Å². The summed E-state index contributed by atoms with van der Waals surface area (Å²) in [6.45, 7) is 5.23. The minimum atomic E-state index is 0.368. The molecule has 0 saturated heterocycles. The maximum atomic E-state index is 6.27. The smallest absolute Gasteiger partial charge is 0.143 e. The van der Waals surface area contributed by atoms with Crippen LogP contribution in [0, 0.1) is 0 Å². The van der Waals surface area contributed by atoms with Crippen LogP contribution in [0.4, 0.5) is 0 Å². The van der Waals surface area contributed by atoms with Crippen molar-refractivity contribution in [3.05, 3.63) is 46.0 Å². The van der Waals surface area contributed by atoms with Crippen molar-refractivity contribution < 1.29 is 4.74 Å². The number of rotatable bonds is 6. The third-order valence-electron chi connectivity index (χ3n) is 3.07. The second-order valence-corrected chi connectivity index (χ2v) is 6.04. The van der Waals surface area contributed by atoms with Crippen molar-refractivity contribution in [1.29, 1.82) is 0 Å². The van der Waals surface area contributed by atoms with Gasteiger partial charge >= 0.3 is 0 Å². The summed E-state index contributed by atoms with van der Waals surface area (Å²) in [5.41, 5.74) is 1.92. The molecule has 0 bridgehead atoms. The third kappa shape index (κ3) is 4.37. The fraction of sp³-hybridized carbons (Fsp3) is 0.400. The van der Waals surface area contributed by atoms with Gasteiger partial charge in [-0.3, -0.25) is 0 Å². The minimum Gasteiger partial charge on any atom is -0.485 e. The number of hydrogen-bond acceptors (Lipinski definition) is 3. The summed E-state index contributed by atoms with van der Waals surface area (Å²) in [6.07, 6.45) is 3.51. The van der Waals surface area contributed by atoms with Gasteiger partial charge in [0.15, 0.2) is 0 Å². The molecule has 1 aromatic carbocycles. The summed E-state index contributed by atoms with van der Waals surface area (Å²) in [7, 11) is 1.93. The van der Waals surface area contributed by atoms with Crippen LogP contribution < -0.4 is 10.1 Å². The Hall–Kier alpha value is -1.23. The zero-order valence-electron chi connectivity index (χ0n) is 12.4. The van der Waals surface area contributed by atoms with Gasteiger partial charge in [0, 0.05) is 30.2 Å². The maximum absolute atomic E-state index is 6.27. The first-order valence-electron chi connectivity index (χ1n) is 6.76. The van der Waals surface area contributed by atoms with Gasteiger partial charge in [-0.05, 0) is 12.1 Å². The molecule has 1 heterocycles. The molecule has 0 unspecified atom stereocenters. The highest BCUT2D eigenvalue weighted by Crippen LogP contribution is 2.33. The van der Waals surface area contributed by atoms with Crippen LogP contribution in [0.5, 0.6) is 5.75 Å². The van der Waals surface area contributed by atoms with E-state index in [1.165, 1.54) is 0 Å². The summed E-state index contributed by atoms with van der Waals surface area (Å²) in [5.74, 6) is 0.662. The number of imidazole rings is 1. The Morgan fingerprint density at radius 2 is 2.10 bits per heavy atom. The first kappa shape index (κ1) is 16.1. The summed E-state index contributed by atoms with van der Waals surface area (Å²) >= 11 is 12.4. The molecular formula is C15H19Cl2N3O. The first-order valence-corrected chi connectivity index (χ1v) is 7.52. The molecule has 114 valence electrons. The van der Waals surface area contributed by atoms with Crippen LogP contribution >= 0.6 is 23.2 Å². The van der Waals surface area contributed by atoms with Crippen molar-refractivity contribution in [2.24, 2.45) is 7.05 Å². The highest BCUT2D eigenvalue weighted by atomic mass is 35.5. The van der Waals surface area contributed by atoms with E-state index in [-0.39, 0.29) is 0 Å². The van der Waals surface area contributed by atoms with E-state index >= 15 is 0 Å². The lowest BCUT2D eigenvalue weighted by molar-refractivity contribution is 0.293. The number of nitrogens with zero attached hydrogens (tertiary/aromatic N) is 2. The van der Waals surface area contributed by atoms with Crippen molar-refractivity contribution in [2.45, 2.75) is 33.0 Å². The molecule has 6 heteroatoms. The second kappa shape index (κ2) is 7.16. The Labute approximate surface area is 135 Å². The zero-order chi connectivity index (χ0) is 15.4. The standard InChI is InChI=1S/C15H19Cl2N3O/c1-10(2)19-6-11-4-12(16)5-14(17)15(11)21-8-13-7-18-9-20(13)3/h4-5,7,9-10,19H,6,8H2,1-3H3. The number of aromatic nitrogens is 2. The lowest BCUT2D eigenvalue weighted by atomic mass is 10.2. The predicted molar refractivity (Wildman–Crippen MR) is 86.0 cm³/mol. The number of nitrogens with one attached hydrogen (secondary N) is 1. The Morgan fingerprint density at radius 1 is 1.33 bits per heavy atom. The molecule has 0 saturated carbocycles. The van der Waals surface area contributed by atoms with Crippen molar-refractivity contribution in [3.8, 4) is 5.75 Å². The van der Waals surface area contributed by atoms with E-state index in [2.05, 4.69) is 24.1 Å². The summed E-state index contributed by atoms with van der Waals surface area (Å²) in [5, 5.41) is 4.47. The normalized spacial score (nSPS) is 11.1. The molecule has 21 heavy (non-hydrogen) atoms. The Bertz CT molecular complexity index is 611. The van der Waals surface area contributed by atoms with Gasteiger partial charge < -0.3 is 14.6 Å². The molecule has 0 amide bonds. The van der Waals surface area contributed by atoms with Crippen LogP contribution in [0.1, 0.15) is 25.1 Å². The first-order chi connectivity index (χ1) is 9.97. The van der Waals surface area contributed by atoms with Crippen LogP contribution in [-0.4, -0.2) is 15.6 Å². The predicted octanol–water partition coefficient (Wildman–Crippen LogP) is 3.80. The van der Waals surface area contributed by atoms with E-state index in [1.807, 2.05) is 17.7 Å². The quantitative estimate of drug-likeness (QED) is 0.876. The molecule has 0 radical (unpaired) electrons. The second-order valence-electron chi connectivity index (χ2n) is 5.20. The van der Waals surface area contributed by atoms with Crippen molar-refractivity contribution in [3.63, 3.8) is 0 Å². The average Bonchev–Trinajstić information content (AvgIpc) is 2.80. The summed E-state index contributed by atoms with van der Waals surface area (Å²) < 4.78 is 7.80. The molecular weight excluding hydrogens is 309 g/mol. The lowest BCUT2D eigenvalue weighted by Gasteiger charge is -2.16. The fourth-order valence-electron chi connectivity index (χ4n) is 1.89. The summed E-state index contributed by atoms with van der Waals surface area (Å²) in [4.78, 5) is 4.07. The number of aryl methyl sites for hydroxylation is 1. The topological polar surface area (TPSA) is 39.1 Å². The van der Waals surface area contributed by atoms with Gasteiger partial charge in [0.25, 0.3) is 0 Å². The van der Waals surface area contributed by atoms with Gasteiger partial charge in [-0.2, -0.15) is 0 Å². The van der Waals surface area contributed by atoms with Crippen LogP contribution in [0.15, 0.2) is 24.7 Å². The van der Waals surface area contributed by atoms with E-state index < -0.39 is 0 Å². The number of halogens is 2. The van der Waals surface area contributed by atoms with E-state index in [4.69, 9.17) is 27.9 Å². The van der Waals surface area contributed by atoms with Crippen molar-refractivity contribution in [1.82, 2.24) is 14.9 Å². The third-order valence-corrected chi connectivity index (χ3v) is 3.57. The number of benzene rings is 1. The molecule has 2 rings (SSSR count). The van der Waals surface area contributed by atoms with Gasteiger partial charge in [0.05, 0.1) is 23.2 Å². The van der Waals surface area contributed by atoms with E-state index in [9.17, 15) is 0 Å². The largest absolute Gasteiger partial charge is 0.485 e. The highest BCUT2D eigenvalue weighted by Gasteiger charge is 2.12. The fourth-order valence-corrected chi connectivity index (χ4v) is 2.48. The molecule has 0 fully saturated rings. The molecule has 0 aliphatic heterocycles. The maximum Gasteiger partial charge on any atom is 0.143 e. The SMILES string of the molecule is CC(C)NCc1cc(Cl)cc(Cl)c1OCc1cncn1C. The van der Waals surface area contributed by atoms with E-state index in [1.54, 1.807) is 18.6 Å². The molecule has 1 N–H and O–H groups in total. The molecule has 0 atom stereocenters. The van der Waals surface area contributed by atoms with Crippen molar-refractivity contribution in [2.75, 3.05) is 0 Å². The number of hydrogen-bond donors (Lipinski definition) is 1. The Morgan fingerprint density at radius 3 is 2.71 bits per heavy atom. The monoisotopic (exact) mass is 327 g/mol. The molecule has 4 nitrogen and oxygen atoms in total. The van der Waals surface area contributed by atoms with Crippen LogP contribution in [0.25, 0.3) is 0 Å². The van der Waals surface area contributed by atoms with Gasteiger partial charge in [-0.25, -0.2) is 4.98 Å². The van der Waals surface area contributed by atoms with E-state index in [0.717, 1.165) is 11.3 Å². The summed E-state index contributed by atoms with van der Waals surface area (Å²) in [6, 6.07) is 3.94. The lowest BCUT2D eigenvalue weighted by Crippen LogP contribution is -2.22. The molecule has 0 aliphatic rings.